The van der Waals surface area contributed by atoms with Crippen LogP contribution in [0.15, 0.2) is 30.3 Å². The second kappa shape index (κ2) is 3.21. The van der Waals surface area contributed by atoms with Crippen LogP contribution < -0.4 is 5.73 Å². The molecule has 0 spiro atoms. The first-order chi connectivity index (χ1) is 7.74. The summed E-state index contributed by atoms with van der Waals surface area (Å²) >= 11 is 1.48. The number of benzene rings is 1. The second-order valence-corrected chi connectivity index (χ2v) is 4.31. The van der Waals surface area contributed by atoms with E-state index in [1.807, 2.05) is 24.3 Å². The van der Waals surface area contributed by atoms with Crippen molar-refractivity contribution >= 4 is 27.4 Å². The molecule has 2 heterocycles. The van der Waals surface area contributed by atoms with Gasteiger partial charge in [0.25, 0.3) is 0 Å². The van der Waals surface area contributed by atoms with Crippen molar-refractivity contribution in [3.63, 3.8) is 0 Å². The number of thiazole rings is 1. The van der Waals surface area contributed by atoms with Crippen LogP contribution in [0.1, 0.15) is 0 Å². The molecular weight excluding hydrogens is 224 g/mol. The fourth-order valence-corrected chi connectivity index (χ4v) is 2.42. The molecule has 0 aliphatic carbocycles. The number of nitrogens with two attached hydrogens (primary N) is 1. The maximum Gasteiger partial charge on any atom is 0.233 e. The summed E-state index contributed by atoms with van der Waals surface area (Å²) in [5, 5.41) is 13.8. The molecule has 16 heavy (non-hydrogen) atoms. The Morgan fingerprint density at radius 2 is 2.12 bits per heavy atom. The highest BCUT2D eigenvalue weighted by Crippen LogP contribution is 2.26. The van der Waals surface area contributed by atoms with E-state index in [1.165, 1.54) is 22.1 Å². The van der Waals surface area contributed by atoms with E-state index in [0.717, 1.165) is 10.2 Å². The fraction of sp³-hybridized carbons (Fsp3) is 0. The van der Waals surface area contributed by atoms with Crippen molar-refractivity contribution in [1.29, 1.82) is 0 Å². The molecule has 3 rings (SSSR count). The van der Waals surface area contributed by atoms with E-state index in [1.54, 1.807) is 0 Å². The van der Waals surface area contributed by atoms with Gasteiger partial charge in [0.2, 0.25) is 11.0 Å². The van der Waals surface area contributed by atoms with Crippen molar-refractivity contribution in [2.24, 2.45) is 0 Å². The van der Waals surface area contributed by atoms with Gasteiger partial charge in [0.05, 0.1) is 10.2 Å². The van der Waals surface area contributed by atoms with Crippen molar-refractivity contribution in [1.82, 2.24) is 14.8 Å². The summed E-state index contributed by atoms with van der Waals surface area (Å²) in [6.45, 7) is 0. The van der Waals surface area contributed by atoms with Crippen LogP contribution in [0.25, 0.3) is 15.3 Å². The lowest BCUT2D eigenvalue weighted by Gasteiger charge is -1.95. The topological polar surface area (TPSA) is 77.0 Å². The standard InChI is InChI=1S/C10H8N4OS/c11-8-5-9(15)13-14(8)10-12-6-3-1-2-4-7(6)16-10/h1-5H,11H2,(H,13,15). The Hall–Kier alpha value is -2.08. The number of anilines is 1. The quantitative estimate of drug-likeness (QED) is 0.670. The van der Waals surface area contributed by atoms with E-state index in [-0.39, 0.29) is 5.88 Å². The average Bonchev–Trinajstić information content (AvgIpc) is 2.81. The first-order valence-corrected chi connectivity index (χ1v) is 5.46. The van der Waals surface area contributed by atoms with Crippen molar-refractivity contribution < 1.29 is 5.11 Å². The van der Waals surface area contributed by atoms with E-state index >= 15 is 0 Å². The van der Waals surface area contributed by atoms with E-state index in [9.17, 15) is 5.11 Å². The summed E-state index contributed by atoms with van der Waals surface area (Å²) in [4.78, 5) is 4.38. The van der Waals surface area contributed by atoms with Gasteiger partial charge >= 0.3 is 0 Å². The third-order valence-corrected chi connectivity index (χ3v) is 3.20. The zero-order valence-corrected chi connectivity index (χ0v) is 8.98. The average molecular weight is 232 g/mol. The minimum absolute atomic E-state index is 0.100. The lowest BCUT2D eigenvalue weighted by atomic mass is 10.3. The SMILES string of the molecule is Nc1cc(O)nn1-c1nc2ccccc2s1. The third kappa shape index (κ3) is 1.31. The summed E-state index contributed by atoms with van der Waals surface area (Å²) < 4.78 is 2.49. The Kier molecular flexibility index (Phi) is 1.84. The molecule has 0 atom stereocenters. The van der Waals surface area contributed by atoms with Gasteiger partial charge in [0.1, 0.15) is 5.82 Å². The normalized spacial score (nSPS) is 11.0. The smallest absolute Gasteiger partial charge is 0.233 e. The van der Waals surface area contributed by atoms with Gasteiger partial charge in [-0.2, -0.15) is 4.68 Å². The van der Waals surface area contributed by atoms with Crippen LogP contribution in [0.4, 0.5) is 5.82 Å². The second-order valence-electron chi connectivity index (χ2n) is 3.30. The largest absolute Gasteiger partial charge is 0.492 e. The number of aromatic nitrogens is 3. The number of rotatable bonds is 1. The Morgan fingerprint density at radius 3 is 2.81 bits per heavy atom. The molecule has 0 saturated heterocycles. The third-order valence-electron chi connectivity index (χ3n) is 2.19. The Morgan fingerprint density at radius 1 is 1.31 bits per heavy atom. The van der Waals surface area contributed by atoms with Crippen molar-refractivity contribution in [3.05, 3.63) is 30.3 Å². The monoisotopic (exact) mass is 232 g/mol. The predicted molar refractivity (Wildman–Crippen MR) is 62.8 cm³/mol. The molecule has 80 valence electrons. The first kappa shape index (κ1) is 9.17. The van der Waals surface area contributed by atoms with E-state index < -0.39 is 0 Å². The maximum absolute atomic E-state index is 9.23. The molecule has 0 aliphatic rings. The molecule has 1 aromatic carbocycles. The minimum Gasteiger partial charge on any atom is -0.492 e. The molecule has 0 bridgehead atoms. The Labute approximate surface area is 94.8 Å². The molecule has 0 aliphatic heterocycles. The van der Waals surface area contributed by atoms with Crippen LogP contribution in [0.2, 0.25) is 0 Å². The molecule has 2 aromatic heterocycles. The van der Waals surface area contributed by atoms with E-state index in [0.29, 0.717) is 10.9 Å². The maximum atomic E-state index is 9.23. The van der Waals surface area contributed by atoms with E-state index in [4.69, 9.17) is 5.73 Å². The molecule has 0 saturated carbocycles. The highest BCUT2D eigenvalue weighted by molar-refractivity contribution is 7.20. The fourth-order valence-electron chi connectivity index (χ4n) is 1.49. The number of nitrogens with zero attached hydrogens (tertiary/aromatic N) is 3. The summed E-state index contributed by atoms with van der Waals surface area (Å²) in [6.07, 6.45) is 0. The van der Waals surface area contributed by atoms with Gasteiger partial charge < -0.3 is 10.8 Å². The van der Waals surface area contributed by atoms with Crippen LogP contribution in [-0.2, 0) is 0 Å². The zero-order chi connectivity index (χ0) is 11.1. The van der Waals surface area contributed by atoms with Gasteiger partial charge in [0.15, 0.2) is 0 Å². The molecule has 6 heteroatoms. The lowest BCUT2D eigenvalue weighted by molar-refractivity contribution is 0.448. The molecule has 0 radical (unpaired) electrons. The van der Waals surface area contributed by atoms with Gasteiger partial charge in [-0.3, -0.25) is 0 Å². The minimum atomic E-state index is -0.100. The van der Waals surface area contributed by atoms with Gasteiger partial charge in [-0.15, -0.1) is 5.10 Å². The van der Waals surface area contributed by atoms with Crippen LogP contribution in [0, 0.1) is 0 Å². The molecule has 3 aromatic rings. The Balaban J connectivity index is 2.22. The summed E-state index contributed by atoms with van der Waals surface area (Å²) in [7, 11) is 0. The molecule has 3 N–H and O–H groups in total. The number of nitrogen functional groups attached to an aromatic ring is 1. The van der Waals surface area contributed by atoms with E-state index in [2.05, 4.69) is 10.1 Å². The molecule has 0 fully saturated rings. The number of para-hydroxylation sites is 1. The zero-order valence-electron chi connectivity index (χ0n) is 8.16. The highest BCUT2D eigenvalue weighted by Gasteiger charge is 2.10. The van der Waals surface area contributed by atoms with Gasteiger partial charge in [-0.1, -0.05) is 23.5 Å². The molecular formula is C10H8N4OS. The predicted octanol–water partition coefficient (Wildman–Crippen LogP) is 1.77. The van der Waals surface area contributed by atoms with Crippen LogP contribution in [0.5, 0.6) is 5.88 Å². The van der Waals surface area contributed by atoms with Gasteiger partial charge in [-0.25, -0.2) is 4.98 Å². The van der Waals surface area contributed by atoms with Crippen LogP contribution in [-0.4, -0.2) is 19.9 Å². The molecule has 0 unspecified atom stereocenters. The number of hydrogen-bond acceptors (Lipinski definition) is 5. The highest BCUT2D eigenvalue weighted by atomic mass is 32.1. The summed E-state index contributed by atoms with van der Waals surface area (Å²) in [5.74, 6) is 0.272. The first-order valence-electron chi connectivity index (χ1n) is 4.64. The summed E-state index contributed by atoms with van der Waals surface area (Å²) in [5.41, 5.74) is 6.60. The molecule has 0 amide bonds. The Bertz CT molecular complexity index is 625. The van der Waals surface area contributed by atoms with Gasteiger partial charge in [-0.05, 0) is 12.1 Å². The van der Waals surface area contributed by atoms with Crippen LogP contribution in [0.3, 0.4) is 0 Å². The van der Waals surface area contributed by atoms with Gasteiger partial charge in [0, 0.05) is 6.07 Å². The van der Waals surface area contributed by atoms with Crippen molar-refractivity contribution in [3.8, 4) is 11.0 Å². The lowest BCUT2D eigenvalue weighted by Crippen LogP contribution is -2.00. The van der Waals surface area contributed by atoms with Crippen molar-refractivity contribution in [2.45, 2.75) is 0 Å². The molecule has 5 nitrogen and oxygen atoms in total. The van der Waals surface area contributed by atoms with Crippen molar-refractivity contribution in [2.75, 3.05) is 5.73 Å². The van der Waals surface area contributed by atoms with Crippen LogP contribution >= 0.6 is 11.3 Å². The number of aromatic hydroxyl groups is 1. The number of hydrogen-bond donors (Lipinski definition) is 2. The number of fused-ring (bicyclic) bond motifs is 1. The summed E-state index contributed by atoms with van der Waals surface area (Å²) in [6, 6.07) is 9.18.